The van der Waals surface area contributed by atoms with Crippen LogP contribution < -0.4 is 0 Å². The van der Waals surface area contributed by atoms with Crippen molar-refractivity contribution < 1.29 is 19.8 Å². The zero-order valence-electron chi connectivity index (χ0n) is 13.9. The molecule has 2 atom stereocenters. The molecule has 0 radical (unpaired) electrons. The van der Waals surface area contributed by atoms with Crippen LogP contribution in [0.3, 0.4) is 0 Å². The first-order chi connectivity index (χ1) is 9.51. The SMILES string of the molecule is CC1(C)CCCCCC(C)(C(=O)O)CCC(C)(C(=O)O)C1. The van der Waals surface area contributed by atoms with Gasteiger partial charge in [-0.15, -0.1) is 0 Å². The highest BCUT2D eigenvalue weighted by atomic mass is 16.4. The smallest absolute Gasteiger partial charge is 0.309 e. The largest absolute Gasteiger partial charge is 0.481 e. The number of carboxylic acids is 2. The van der Waals surface area contributed by atoms with Crippen molar-refractivity contribution in [2.45, 2.75) is 79.1 Å². The first-order valence-corrected chi connectivity index (χ1v) is 7.98. The van der Waals surface area contributed by atoms with Gasteiger partial charge in [-0.05, 0) is 51.4 Å². The highest BCUT2D eigenvalue weighted by Crippen LogP contribution is 2.44. The minimum absolute atomic E-state index is 0.0168. The highest BCUT2D eigenvalue weighted by molar-refractivity contribution is 5.75. The Bertz CT molecular complexity index is 402. The van der Waals surface area contributed by atoms with E-state index in [9.17, 15) is 19.8 Å². The van der Waals surface area contributed by atoms with Crippen molar-refractivity contribution in [3.05, 3.63) is 0 Å². The molecule has 21 heavy (non-hydrogen) atoms. The van der Waals surface area contributed by atoms with Crippen LogP contribution in [-0.2, 0) is 9.59 Å². The van der Waals surface area contributed by atoms with Gasteiger partial charge in [0.1, 0.15) is 0 Å². The van der Waals surface area contributed by atoms with Crippen LogP contribution in [-0.4, -0.2) is 22.2 Å². The molecule has 2 N–H and O–H groups in total. The highest BCUT2D eigenvalue weighted by Gasteiger charge is 2.42. The van der Waals surface area contributed by atoms with Gasteiger partial charge in [0, 0.05) is 0 Å². The zero-order chi connectivity index (χ0) is 16.3. The van der Waals surface area contributed by atoms with Gasteiger partial charge in [0.2, 0.25) is 0 Å². The molecule has 0 aromatic carbocycles. The number of hydrogen-bond acceptors (Lipinski definition) is 2. The van der Waals surface area contributed by atoms with E-state index in [0.717, 1.165) is 25.7 Å². The van der Waals surface area contributed by atoms with Gasteiger partial charge in [-0.25, -0.2) is 0 Å². The van der Waals surface area contributed by atoms with Gasteiger partial charge in [-0.2, -0.15) is 0 Å². The lowest BCUT2D eigenvalue weighted by Crippen LogP contribution is -2.36. The number of carboxylic acid groups (broad SMARTS) is 2. The van der Waals surface area contributed by atoms with E-state index < -0.39 is 22.8 Å². The predicted molar refractivity (Wildman–Crippen MR) is 82.2 cm³/mol. The number of hydrogen-bond donors (Lipinski definition) is 2. The van der Waals surface area contributed by atoms with Crippen molar-refractivity contribution in [3.63, 3.8) is 0 Å². The summed E-state index contributed by atoms with van der Waals surface area (Å²) in [6.07, 6.45) is 6.07. The monoisotopic (exact) mass is 298 g/mol. The summed E-state index contributed by atoms with van der Waals surface area (Å²) in [6, 6.07) is 0. The third-order valence-electron chi connectivity index (χ3n) is 5.21. The molecule has 0 amide bonds. The van der Waals surface area contributed by atoms with E-state index in [-0.39, 0.29) is 5.41 Å². The van der Waals surface area contributed by atoms with Crippen LogP contribution in [0.25, 0.3) is 0 Å². The molecule has 0 spiro atoms. The Kier molecular flexibility index (Phi) is 5.46. The summed E-state index contributed by atoms with van der Waals surface area (Å²) >= 11 is 0. The van der Waals surface area contributed by atoms with Crippen molar-refractivity contribution in [1.82, 2.24) is 0 Å². The van der Waals surface area contributed by atoms with Gasteiger partial charge >= 0.3 is 11.9 Å². The van der Waals surface area contributed by atoms with Crippen molar-refractivity contribution in [3.8, 4) is 0 Å². The van der Waals surface area contributed by atoms with Crippen molar-refractivity contribution >= 4 is 11.9 Å². The van der Waals surface area contributed by atoms with Crippen molar-refractivity contribution in [2.75, 3.05) is 0 Å². The van der Waals surface area contributed by atoms with Crippen LogP contribution in [0.5, 0.6) is 0 Å². The molecule has 0 bridgehead atoms. The van der Waals surface area contributed by atoms with Crippen LogP contribution in [0.4, 0.5) is 0 Å². The molecular formula is C17H30O4. The maximum atomic E-state index is 11.7. The van der Waals surface area contributed by atoms with Crippen LogP contribution in [0.15, 0.2) is 0 Å². The molecule has 4 heteroatoms. The molecule has 4 nitrogen and oxygen atoms in total. The fourth-order valence-corrected chi connectivity index (χ4v) is 3.60. The van der Waals surface area contributed by atoms with E-state index in [1.807, 2.05) is 0 Å². The van der Waals surface area contributed by atoms with E-state index in [2.05, 4.69) is 13.8 Å². The quantitative estimate of drug-likeness (QED) is 0.795. The summed E-state index contributed by atoms with van der Waals surface area (Å²) in [6.45, 7) is 7.79. The molecule has 0 aromatic rings. The summed E-state index contributed by atoms with van der Waals surface area (Å²) in [5.74, 6) is -1.60. The van der Waals surface area contributed by atoms with Crippen LogP contribution in [0, 0.1) is 16.2 Å². The average molecular weight is 298 g/mol. The summed E-state index contributed by atoms with van der Waals surface area (Å²) in [4.78, 5) is 23.3. The second-order valence-electron chi connectivity index (χ2n) is 8.13. The average Bonchev–Trinajstić information content (AvgIpc) is 2.36. The molecule has 0 aliphatic heterocycles. The molecule has 0 aromatic heterocycles. The summed E-state index contributed by atoms with van der Waals surface area (Å²) in [5.41, 5.74) is -1.66. The summed E-state index contributed by atoms with van der Waals surface area (Å²) < 4.78 is 0. The van der Waals surface area contributed by atoms with Crippen molar-refractivity contribution in [1.29, 1.82) is 0 Å². The van der Waals surface area contributed by atoms with E-state index >= 15 is 0 Å². The Morgan fingerprint density at radius 2 is 1.19 bits per heavy atom. The number of aliphatic carboxylic acids is 2. The van der Waals surface area contributed by atoms with Crippen LogP contribution in [0.1, 0.15) is 79.1 Å². The minimum Gasteiger partial charge on any atom is -0.481 e. The molecule has 0 heterocycles. The Balaban J connectivity index is 3.03. The van der Waals surface area contributed by atoms with Gasteiger partial charge < -0.3 is 10.2 Å². The Labute approximate surface area is 127 Å². The minimum atomic E-state index is -0.843. The first-order valence-electron chi connectivity index (χ1n) is 7.98. The van der Waals surface area contributed by atoms with E-state index in [4.69, 9.17) is 0 Å². The fraction of sp³-hybridized carbons (Fsp3) is 0.882. The zero-order valence-corrected chi connectivity index (χ0v) is 13.9. The lowest BCUT2D eigenvalue weighted by atomic mass is 9.68. The number of carbonyl (C=O) groups is 2. The van der Waals surface area contributed by atoms with E-state index in [0.29, 0.717) is 25.7 Å². The van der Waals surface area contributed by atoms with Crippen LogP contribution >= 0.6 is 0 Å². The molecular weight excluding hydrogens is 268 g/mol. The van der Waals surface area contributed by atoms with Crippen molar-refractivity contribution in [2.24, 2.45) is 16.2 Å². The molecule has 0 saturated heterocycles. The maximum Gasteiger partial charge on any atom is 0.309 e. The topological polar surface area (TPSA) is 74.6 Å². The van der Waals surface area contributed by atoms with Crippen LogP contribution in [0.2, 0.25) is 0 Å². The molecule has 122 valence electrons. The van der Waals surface area contributed by atoms with Gasteiger partial charge in [0.05, 0.1) is 10.8 Å². The van der Waals surface area contributed by atoms with Gasteiger partial charge in [-0.1, -0.05) is 33.1 Å². The van der Waals surface area contributed by atoms with Gasteiger partial charge in [-0.3, -0.25) is 9.59 Å². The second-order valence-corrected chi connectivity index (χ2v) is 8.13. The van der Waals surface area contributed by atoms with Gasteiger partial charge in [0.15, 0.2) is 0 Å². The lowest BCUT2D eigenvalue weighted by molar-refractivity contribution is -0.154. The molecule has 1 rings (SSSR count). The molecule has 1 aliphatic carbocycles. The molecule has 1 fully saturated rings. The predicted octanol–water partition coefficient (Wildman–Crippen LogP) is 4.33. The Hall–Kier alpha value is -1.06. The molecule has 2 unspecified atom stereocenters. The molecule has 1 saturated carbocycles. The van der Waals surface area contributed by atoms with Gasteiger partial charge in [0.25, 0.3) is 0 Å². The second kappa shape index (κ2) is 6.37. The van der Waals surface area contributed by atoms with E-state index in [1.165, 1.54) is 0 Å². The number of rotatable bonds is 2. The lowest BCUT2D eigenvalue weighted by Gasteiger charge is -2.36. The molecule has 1 aliphatic rings. The fourth-order valence-electron chi connectivity index (χ4n) is 3.60. The third-order valence-corrected chi connectivity index (χ3v) is 5.21. The maximum absolute atomic E-state index is 11.7. The summed E-state index contributed by atoms with van der Waals surface area (Å²) in [7, 11) is 0. The van der Waals surface area contributed by atoms with E-state index in [1.54, 1.807) is 13.8 Å². The summed E-state index contributed by atoms with van der Waals surface area (Å²) in [5, 5.41) is 19.2. The standard InChI is InChI=1S/C17H30O4/c1-15(2)8-6-5-7-9-16(3,13(18)19)10-11-17(4,12-15)14(20)21/h5-12H2,1-4H3,(H,18,19)(H,20,21). The Morgan fingerprint density at radius 1 is 0.714 bits per heavy atom. The Morgan fingerprint density at radius 3 is 1.71 bits per heavy atom. The third kappa shape index (κ3) is 4.72. The normalized spacial score (nSPS) is 34.7. The first kappa shape index (κ1) is 18.0.